The molecule has 0 aliphatic rings. The fourth-order valence-corrected chi connectivity index (χ4v) is 6.65. The van der Waals surface area contributed by atoms with Crippen molar-refractivity contribution >= 4 is 35.5 Å². The van der Waals surface area contributed by atoms with Crippen LogP contribution in [0.5, 0.6) is 5.75 Å². The lowest BCUT2D eigenvalue weighted by atomic mass is 9.85. The van der Waals surface area contributed by atoms with Crippen molar-refractivity contribution in [3.63, 3.8) is 0 Å². The summed E-state index contributed by atoms with van der Waals surface area (Å²) in [6.07, 6.45) is 0.590. The van der Waals surface area contributed by atoms with E-state index in [-0.39, 0.29) is 52.0 Å². The third kappa shape index (κ3) is 11.6. The highest BCUT2D eigenvalue weighted by Gasteiger charge is 2.25. The van der Waals surface area contributed by atoms with Crippen molar-refractivity contribution in [3.8, 4) is 5.75 Å². The Morgan fingerprint density at radius 2 is 1.13 bits per heavy atom. The van der Waals surface area contributed by atoms with E-state index in [0.29, 0.717) is 30.0 Å². The van der Waals surface area contributed by atoms with Gasteiger partial charge in [-0.15, -0.1) is 0 Å². The molecule has 5 N–H and O–H groups in total. The maximum Gasteiger partial charge on any atom is 0.338 e. The molecule has 0 aromatic heterocycles. The van der Waals surface area contributed by atoms with Gasteiger partial charge in [-0.05, 0) is 94.9 Å². The monoisotopic (exact) mass is 836 g/mol. The fourth-order valence-electron chi connectivity index (χ4n) is 6.65. The number of esters is 2. The maximum absolute atomic E-state index is 13.3. The maximum atomic E-state index is 13.3. The molecule has 0 heterocycles. The zero-order valence-corrected chi connectivity index (χ0v) is 33.9. The number of aromatic carboxylic acids is 2. The SMILES string of the molecule is CC(C)(COc1ccc(NC(=O)c2cc(C(=O)OCc3ccccc3)ccc2C(=O)O)cc1)Cc1ccc(C(NO)c2cc(C(=O)OCc3ccccc3)ccc2C(=O)O)cc1. The smallest absolute Gasteiger partial charge is 0.338 e. The van der Waals surface area contributed by atoms with Crippen LogP contribution in [0.3, 0.4) is 0 Å². The second kappa shape index (κ2) is 20.1. The van der Waals surface area contributed by atoms with Crippen LogP contribution in [-0.4, -0.2) is 51.8 Å². The molecule has 1 amide bonds. The van der Waals surface area contributed by atoms with Crippen LogP contribution >= 0.6 is 0 Å². The van der Waals surface area contributed by atoms with Gasteiger partial charge in [-0.1, -0.05) is 98.8 Å². The van der Waals surface area contributed by atoms with Crippen molar-refractivity contribution in [3.05, 3.63) is 201 Å². The molecule has 0 fully saturated rings. The molecule has 0 radical (unpaired) electrons. The molecule has 13 nitrogen and oxygen atoms in total. The van der Waals surface area contributed by atoms with Crippen molar-refractivity contribution in [2.45, 2.75) is 39.5 Å². The predicted octanol–water partition coefficient (Wildman–Crippen LogP) is 8.77. The van der Waals surface area contributed by atoms with Gasteiger partial charge in [-0.3, -0.25) is 4.79 Å². The summed E-state index contributed by atoms with van der Waals surface area (Å²) in [5.41, 5.74) is 5.05. The number of carboxylic acids is 2. The van der Waals surface area contributed by atoms with Crippen molar-refractivity contribution in [2.24, 2.45) is 5.41 Å². The highest BCUT2D eigenvalue weighted by molar-refractivity contribution is 6.12. The first kappa shape index (κ1) is 44.0. The molecule has 6 aromatic rings. The van der Waals surface area contributed by atoms with Crippen molar-refractivity contribution in [1.82, 2.24) is 5.48 Å². The average Bonchev–Trinajstić information content (AvgIpc) is 3.28. The van der Waals surface area contributed by atoms with Crippen LogP contribution < -0.4 is 15.5 Å². The number of nitrogens with one attached hydrogen (secondary N) is 2. The molecular formula is C49H44N2O11. The molecule has 0 aliphatic heterocycles. The number of carbonyl (C=O) groups excluding carboxylic acids is 3. The standard InChI is InChI=1S/C49H44N2O11/c1-49(2,27-31-13-15-34(16-14-31)43(51-59)41-25-35(17-23-39(41)45(53)54)47(57)60-28-32-9-5-3-6-10-32)30-62-38-21-19-37(20-22-38)50-44(52)42-26-36(18-24-40(42)46(55)56)48(58)61-29-33-11-7-4-8-12-33/h3-26,43,51,59H,27-30H2,1-2H3,(H,50,52)(H,53,54)(H,55,56). The van der Waals surface area contributed by atoms with Gasteiger partial charge in [0.2, 0.25) is 0 Å². The Labute approximate surface area is 357 Å². The van der Waals surface area contributed by atoms with E-state index in [9.17, 15) is 39.4 Å². The van der Waals surface area contributed by atoms with Gasteiger partial charge in [0.1, 0.15) is 19.0 Å². The molecule has 0 saturated carbocycles. The Hall–Kier alpha value is -7.61. The van der Waals surface area contributed by atoms with Gasteiger partial charge in [0.15, 0.2) is 0 Å². The lowest BCUT2D eigenvalue weighted by Gasteiger charge is -2.25. The normalized spacial score (nSPS) is 11.5. The number of benzene rings is 6. The number of carbonyl (C=O) groups is 5. The number of ether oxygens (including phenoxy) is 3. The zero-order valence-electron chi connectivity index (χ0n) is 33.9. The van der Waals surface area contributed by atoms with Crippen LogP contribution in [0.4, 0.5) is 5.69 Å². The first-order chi connectivity index (χ1) is 29.8. The summed E-state index contributed by atoms with van der Waals surface area (Å²) in [5.74, 6) is -4.10. The van der Waals surface area contributed by atoms with E-state index in [2.05, 4.69) is 10.8 Å². The molecule has 6 rings (SSSR count). The lowest BCUT2D eigenvalue weighted by Crippen LogP contribution is -2.24. The van der Waals surface area contributed by atoms with Gasteiger partial charge in [0.25, 0.3) is 5.91 Å². The van der Waals surface area contributed by atoms with E-state index >= 15 is 0 Å². The molecular weight excluding hydrogens is 793 g/mol. The first-order valence-corrected chi connectivity index (χ1v) is 19.5. The zero-order chi connectivity index (χ0) is 44.2. The summed E-state index contributed by atoms with van der Waals surface area (Å²) >= 11 is 0. The third-order valence-electron chi connectivity index (χ3n) is 9.85. The van der Waals surface area contributed by atoms with Crippen LogP contribution in [-0.2, 0) is 29.1 Å². The highest BCUT2D eigenvalue weighted by Crippen LogP contribution is 2.30. The number of hydrogen-bond acceptors (Lipinski definition) is 10. The molecule has 0 bridgehead atoms. The number of hydrogen-bond donors (Lipinski definition) is 5. The van der Waals surface area contributed by atoms with Crippen LogP contribution in [0, 0.1) is 5.41 Å². The van der Waals surface area contributed by atoms with Crippen LogP contribution in [0.2, 0.25) is 0 Å². The molecule has 1 atom stereocenters. The fraction of sp³-hybridized carbons (Fsp3) is 0.163. The Morgan fingerprint density at radius 3 is 1.66 bits per heavy atom. The Morgan fingerprint density at radius 1 is 0.597 bits per heavy atom. The topological polar surface area (TPSA) is 198 Å². The van der Waals surface area contributed by atoms with E-state index in [1.54, 1.807) is 48.5 Å². The second-order valence-electron chi connectivity index (χ2n) is 15.2. The second-order valence-corrected chi connectivity index (χ2v) is 15.2. The summed E-state index contributed by atoms with van der Waals surface area (Å²) in [5, 5.41) is 32.6. The van der Waals surface area contributed by atoms with Gasteiger partial charge in [-0.2, -0.15) is 5.48 Å². The first-order valence-electron chi connectivity index (χ1n) is 19.5. The van der Waals surface area contributed by atoms with Gasteiger partial charge >= 0.3 is 23.9 Å². The Balaban J connectivity index is 1.05. The van der Waals surface area contributed by atoms with E-state index in [0.717, 1.165) is 16.7 Å². The molecule has 6 aromatic carbocycles. The number of carboxylic acid groups (broad SMARTS) is 2. The lowest BCUT2D eigenvalue weighted by molar-refractivity contribution is 0.0463. The minimum atomic E-state index is -1.33. The van der Waals surface area contributed by atoms with Crippen molar-refractivity contribution < 1.29 is 53.6 Å². The quantitative estimate of drug-likeness (QED) is 0.0408. The average molecular weight is 837 g/mol. The number of rotatable bonds is 18. The molecule has 316 valence electrons. The van der Waals surface area contributed by atoms with E-state index in [4.69, 9.17) is 14.2 Å². The highest BCUT2D eigenvalue weighted by atomic mass is 16.5. The van der Waals surface area contributed by atoms with Gasteiger partial charge in [0, 0.05) is 11.1 Å². The predicted molar refractivity (Wildman–Crippen MR) is 229 cm³/mol. The Bertz CT molecular complexity index is 2540. The van der Waals surface area contributed by atoms with E-state index in [1.807, 2.05) is 74.5 Å². The third-order valence-corrected chi connectivity index (χ3v) is 9.85. The molecule has 0 saturated heterocycles. The molecule has 1 unspecified atom stereocenters. The van der Waals surface area contributed by atoms with Crippen LogP contribution in [0.1, 0.15) is 99.5 Å². The van der Waals surface area contributed by atoms with E-state index in [1.165, 1.54) is 36.4 Å². The largest absolute Gasteiger partial charge is 0.493 e. The summed E-state index contributed by atoms with van der Waals surface area (Å²) in [6.45, 7) is 4.42. The molecule has 62 heavy (non-hydrogen) atoms. The van der Waals surface area contributed by atoms with Crippen LogP contribution in [0.25, 0.3) is 0 Å². The van der Waals surface area contributed by atoms with Crippen molar-refractivity contribution in [2.75, 3.05) is 11.9 Å². The molecule has 0 aliphatic carbocycles. The van der Waals surface area contributed by atoms with E-state index < -0.39 is 35.8 Å². The summed E-state index contributed by atoms with van der Waals surface area (Å²) in [6, 6.07) is 38.9. The Kier molecular flexibility index (Phi) is 14.2. The van der Waals surface area contributed by atoms with Gasteiger partial charge < -0.3 is 34.9 Å². The van der Waals surface area contributed by atoms with Crippen LogP contribution in [0.15, 0.2) is 146 Å². The summed E-state index contributed by atoms with van der Waals surface area (Å²) in [7, 11) is 0. The number of amides is 1. The minimum absolute atomic E-state index is 0.0117. The molecule has 0 spiro atoms. The minimum Gasteiger partial charge on any atom is -0.493 e. The van der Waals surface area contributed by atoms with Gasteiger partial charge in [-0.25, -0.2) is 19.2 Å². The van der Waals surface area contributed by atoms with Gasteiger partial charge in [0.05, 0.1) is 40.5 Å². The number of anilines is 1. The van der Waals surface area contributed by atoms with Crippen molar-refractivity contribution in [1.29, 1.82) is 0 Å². The summed E-state index contributed by atoms with van der Waals surface area (Å²) in [4.78, 5) is 63.1. The number of hydroxylamine groups is 1. The molecule has 13 heteroatoms. The summed E-state index contributed by atoms with van der Waals surface area (Å²) < 4.78 is 16.9.